The number of aromatic amines is 1. The van der Waals surface area contributed by atoms with Gasteiger partial charge >= 0.3 is 0 Å². The van der Waals surface area contributed by atoms with Crippen LogP contribution in [0.4, 0.5) is 0 Å². The number of aldehydes is 1. The van der Waals surface area contributed by atoms with Gasteiger partial charge in [-0.3, -0.25) is 4.79 Å². The monoisotopic (exact) mass is 201 g/mol. The maximum absolute atomic E-state index is 10.3. The van der Waals surface area contributed by atoms with Crippen LogP contribution in [0, 0.1) is 0 Å². The second-order valence-electron chi connectivity index (χ2n) is 2.70. The first-order valence-corrected chi connectivity index (χ1v) is 4.42. The summed E-state index contributed by atoms with van der Waals surface area (Å²) in [6.45, 7) is 0. The van der Waals surface area contributed by atoms with E-state index in [0.29, 0.717) is 17.5 Å². The van der Waals surface area contributed by atoms with E-state index in [2.05, 4.69) is 17.6 Å². The summed E-state index contributed by atoms with van der Waals surface area (Å²) < 4.78 is 0. The molecule has 1 aromatic rings. The minimum absolute atomic E-state index is 0.169. The molecule has 0 aliphatic heterocycles. The third kappa shape index (κ3) is 2.33. The van der Waals surface area contributed by atoms with Crippen molar-refractivity contribution in [3.05, 3.63) is 23.5 Å². The number of aliphatic hydroxyl groups is 2. The van der Waals surface area contributed by atoms with Crippen LogP contribution in [-0.4, -0.2) is 33.3 Å². The highest BCUT2D eigenvalue weighted by Gasteiger charge is 2.17. The fourth-order valence-electron chi connectivity index (χ4n) is 0.990. The van der Waals surface area contributed by atoms with Crippen molar-refractivity contribution in [2.45, 2.75) is 12.2 Å². The van der Waals surface area contributed by atoms with Gasteiger partial charge in [0, 0.05) is 17.5 Å². The van der Waals surface area contributed by atoms with E-state index < -0.39 is 12.2 Å². The quantitative estimate of drug-likeness (QED) is 0.414. The lowest BCUT2D eigenvalue weighted by atomic mass is 10.1. The Morgan fingerprint density at radius 2 is 2.31 bits per heavy atom. The van der Waals surface area contributed by atoms with Crippen LogP contribution >= 0.6 is 12.6 Å². The summed E-state index contributed by atoms with van der Waals surface area (Å²) in [5.41, 5.74) is 0.865. The molecule has 5 heteroatoms. The van der Waals surface area contributed by atoms with Gasteiger partial charge in [0.15, 0.2) is 6.29 Å². The predicted octanol–water partition coefficient (Wildman–Crippen LogP) is 0.151. The summed E-state index contributed by atoms with van der Waals surface area (Å²) in [5.74, 6) is 0.169. The Hall–Kier alpha value is -0.780. The molecular weight excluding hydrogens is 190 g/mol. The lowest BCUT2D eigenvalue weighted by molar-refractivity contribution is 0.0338. The van der Waals surface area contributed by atoms with Crippen molar-refractivity contribution >= 4 is 18.9 Å². The van der Waals surface area contributed by atoms with Gasteiger partial charge in [0.05, 0.1) is 11.8 Å². The number of nitrogens with one attached hydrogen (secondary N) is 1. The van der Waals surface area contributed by atoms with Crippen LogP contribution < -0.4 is 0 Å². The summed E-state index contributed by atoms with van der Waals surface area (Å²) in [7, 11) is 0. The van der Waals surface area contributed by atoms with Gasteiger partial charge in [0.25, 0.3) is 0 Å². The number of aromatic nitrogens is 1. The smallest absolute Gasteiger partial charge is 0.166 e. The summed E-state index contributed by atoms with van der Waals surface area (Å²) in [5, 5.41) is 18.7. The van der Waals surface area contributed by atoms with Crippen LogP contribution in [0.3, 0.4) is 0 Å². The van der Waals surface area contributed by atoms with Crippen molar-refractivity contribution in [1.82, 2.24) is 4.98 Å². The van der Waals surface area contributed by atoms with Crippen molar-refractivity contribution in [3.63, 3.8) is 0 Å². The molecule has 72 valence electrons. The first-order valence-electron chi connectivity index (χ1n) is 3.79. The average Bonchev–Trinajstić information content (AvgIpc) is 2.63. The Morgan fingerprint density at radius 3 is 2.77 bits per heavy atom. The van der Waals surface area contributed by atoms with Crippen LogP contribution in [0.2, 0.25) is 0 Å². The van der Waals surface area contributed by atoms with Crippen molar-refractivity contribution < 1.29 is 15.0 Å². The van der Waals surface area contributed by atoms with Crippen molar-refractivity contribution in [2.75, 3.05) is 5.75 Å². The molecule has 0 amide bonds. The third-order valence-corrected chi connectivity index (χ3v) is 2.12. The molecule has 4 nitrogen and oxygen atoms in total. The molecule has 1 rings (SSSR count). The SMILES string of the molecule is O=Cc1cc(C(O)C(O)CS)c[nH]1. The number of rotatable bonds is 4. The van der Waals surface area contributed by atoms with E-state index in [1.807, 2.05) is 0 Å². The predicted molar refractivity (Wildman–Crippen MR) is 51.0 cm³/mol. The Morgan fingerprint density at radius 1 is 1.62 bits per heavy atom. The minimum Gasteiger partial charge on any atom is -0.389 e. The molecule has 2 unspecified atom stereocenters. The van der Waals surface area contributed by atoms with Gasteiger partial charge < -0.3 is 15.2 Å². The van der Waals surface area contributed by atoms with E-state index in [4.69, 9.17) is 0 Å². The number of H-pyrrole nitrogens is 1. The minimum atomic E-state index is -0.998. The fraction of sp³-hybridized carbons (Fsp3) is 0.375. The Balaban J connectivity index is 2.76. The maximum atomic E-state index is 10.3. The number of carbonyl (C=O) groups is 1. The van der Waals surface area contributed by atoms with Crippen LogP contribution in [0.15, 0.2) is 12.3 Å². The second kappa shape index (κ2) is 4.45. The molecule has 0 bridgehead atoms. The zero-order chi connectivity index (χ0) is 9.84. The summed E-state index contributed by atoms with van der Waals surface area (Å²) >= 11 is 3.85. The van der Waals surface area contributed by atoms with Gasteiger partial charge in [-0.15, -0.1) is 0 Å². The number of carbonyl (C=O) groups excluding carboxylic acids is 1. The molecule has 2 atom stereocenters. The molecule has 1 heterocycles. The first kappa shape index (κ1) is 10.3. The summed E-state index contributed by atoms with van der Waals surface area (Å²) in [6.07, 6.45) is 0.214. The molecule has 0 spiro atoms. The van der Waals surface area contributed by atoms with E-state index in [1.54, 1.807) is 0 Å². The van der Waals surface area contributed by atoms with Gasteiger partial charge in [-0.05, 0) is 6.07 Å². The van der Waals surface area contributed by atoms with Crippen molar-refractivity contribution in [2.24, 2.45) is 0 Å². The van der Waals surface area contributed by atoms with Crippen LogP contribution in [0.5, 0.6) is 0 Å². The molecule has 0 fully saturated rings. The van der Waals surface area contributed by atoms with Gasteiger partial charge in [0.2, 0.25) is 0 Å². The second-order valence-corrected chi connectivity index (χ2v) is 3.07. The number of hydrogen-bond acceptors (Lipinski definition) is 4. The van der Waals surface area contributed by atoms with E-state index in [1.165, 1.54) is 12.3 Å². The van der Waals surface area contributed by atoms with E-state index in [-0.39, 0.29) is 5.75 Å². The van der Waals surface area contributed by atoms with Crippen LogP contribution in [0.25, 0.3) is 0 Å². The lowest BCUT2D eigenvalue weighted by Gasteiger charge is -2.13. The van der Waals surface area contributed by atoms with E-state index in [0.717, 1.165) is 0 Å². The molecule has 0 saturated carbocycles. The van der Waals surface area contributed by atoms with Crippen molar-refractivity contribution in [3.8, 4) is 0 Å². The zero-order valence-electron chi connectivity index (χ0n) is 6.84. The van der Waals surface area contributed by atoms with Crippen molar-refractivity contribution in [1.29, 1.82) is 0 Å². The molecule has 0 aliphatic rings. The van der Waals surface area contributed by atoms with E-state index >= 15 is 0 Å². The van der Waals surface area contributed by atoms with Crippen LogP contribution in [0.1, 0.15) is 22.2 Å². The molecule has 1 aromatic heterocycles. The number of aliphatic hydroxyl groups excluding tert-OH is 2. The molecule has 0 radical (unpaired) electrons. The molecule has 0 aliphatic carbocycles. The molecule has 13 heavy (non-hydrogen) atoms. The maximum Gasteiger partial charge on any atom is 0.166 e. The highest BCUT2D eigenvalue weighted by molar-refractivity contribution is 7.80. The Bertz CT molecular complexity index is 287. The van der Waals surface area contributed by atoms with Gasteiger partial charge in [-0.25, -0.2) is 0 Å². The highest BCUT2D eigenvalue weighted by atomic mass is 32.1. The molecular formula is C8H11NO3S. The Labute approximate surface area is 81.0 Å². The number of hydrogen-bond donors (Lipinski definition) is 4. The standard InChI is InChI=1S/C8H11NO3S/c10-3-6-1-5(2-9-6)8(12)7(11)4-13/h1-3,7-9,11-13H,4H2. The van der Waals surface area contributed by atoms with Gasteiger partial charge in [-0.2, -0.15) is 12.6 Å². The molecule has 3 N–H and O–H groups in total. The zero-order valence-corrected chi connectivity index (χ0v) is 7.74. The van der Waals surface area contributed by atoms with E-state index in [9.17, 15) is 15.0 Å². The Kier molecular flexibility index (Phi) is 3.53. The normalized spacial score (nSPS) is 15.3. The largest absolute Gasteiger partial charge is 0.389 e. The van der Waals surface area contributed by atoms with Crippen LogP contribution in [-0.2, 0) is 0 Å². The molecule has 0 saturated heterocycles. The summed E-state index contributed by atoms with van der Waals surface area (Å²) in [4.78, 5) is 12.9. The van der Waals surface area contributed by atoms with Gasteiger partial charge in [0.1, 0.15) is 6.10 Å². The average molecular weight is 201 g/mol. The third-order valence-electron chi connectivity index (χ3n) is 1.75. The molecule has 0 aromatic carbocycles. The first-order chi connectivity index (χ1) is 6.19. The van der Waals surface area contributed by atoms with Gasteiger partial charge in [-0.1, -0.05) is 0 Å². The topological polar surface area (TPSA) is 73.3 Å². The summed E-state index contributed by atoms with van der Waals surface area (Å²) in [6, 6.07) is 1.49. The highest BCUT2D eigenvalue weighted by Crippen LogP contribution is 2.17. The lowest BCUT2D eigenvalue weighted by Crippen LogP contribution is -2.19. The number of thiol groups is 1. The fourth-order valence-corrected chi connectivity index (χ4v) is 1.19.